The summed E-state index contributed by atoms with van der Waals surface area (Å²) in [4.78, 5) is 13.4. The van der Waals surface area contributed by atoms with Crippen LogP contribution in [0.1, 0.15) is 5.56 Å². The lowest BCUT2D eigenvalue weighted by Crippen LogP contribution is -2.34. The van der Waals surface area contributed by atoms with Crippen LogP contribution in [0.15, 0.2) is 24.3 Å². The highest BCUT2D eigenvalue weighted by Gasteiger charge is 2.10. The van der Waals surface area contributed by atoms with Crippen LogP contribution in [0.2, 0.25) is 5.02 Å². The first-order valence-electron chi connectivity index (χ1n) is 6.11. The summed E-state index contributed by atoms with van der Waals surface area (Å²) in [5, 5.41) is 9.15. The Bertz CT molecular complexity index is 459. The summed E-state index contributed by atoms with van der Waals surface area (Å²) in [5.41, 5.74) is 0.165. The van der Waals surface area contributed by atoms with Crippen LogP contribution in [0.5, 0.6) is 0 Å². The van der Waals surface area contributed by atoms with Crippen LogP contribution in [0, 0.1) is 5.82 Å². The lowest BCUT2D eigenvalue weighted by atomic mass is 10.2. The average Bonchev–Trinajstić information content (AvgIpc) is 2.42. The molecule has 0 fully saturated rings. The Balaban J connectivity index is 2.78. The first-order valence-corrected chi connectivity index (χ1v) is 6.48. The summed E-state index contributed by atoms with van der Waals surface area (Å²) in [6, 6.07) is 4.31. The van der Waals surface area contributed by atoms with Crippen molar-refractivity contribution in [3.05, 3.63) is 40.7 Å². The molecule has 20 heavy (non-hydrogen) atoms. The van der Waals surface area contributed by atoms with Crippen molar-refractivity contribution < 1.29 is 19.0 Å². The van der Waals surface area contributed by atoms with Gasteiger partial charge in [-0.1, -0.05) is 17.7 Å². The second-order valence-corrected chi connectivity index (χ2v) is 4.42. The van der Waals surface area contributed by atoms with E-state index in [0.717, 1.165) is 0 Å². The maximum Gasteiger partial charge on any atom is 0.246 e. The normalized spacial score (nSPS) is 11.0. The van der Waals surface area contributed by atoms with Crippen molar-refractivity contribution in [1.29, 1.82) is 0 Å². The number of amides is 1. The quantitative estimate of drug-likeness (QED) is 0.783. The lowest BCUT2D eigenvalue weighted by Gasteiger charge is -2.19. The Kier molecular flexibility index (Phi) is 7.22. The second kappa shape index (κ2) is 8.68. The molecule has 1 rings (SSSR count). The topological polar surface area (TPSA) is 49.8 Å². The Hall–Kier alpha value is -1.43. The van der Waals surface area contributed by atoms with Gasteiger partial charge in [-0.3, -0.25) is 4.79 Å². The molecule has 0 atom stereocenters. The van der Waals surface area contributed by atoms with E-state index in [1.165, 1.54) is 36.3 Å². The SMILES string of the molecule is COCCN(CCO)C(=O)/C=C/c1c(F)cccc1Cl. The van der Waals surface area contributed by atoms with Crippen molar-refractivity contribution in [2.45, 2.75) is 0 Å². The number of carbonyl (C=O) groups is 1. The minimum absolute atomic E-state index is 0.149. The van der Waals surface area contributed by atoms with Gasteiger partial charge < -0.3 is 14.7 Å². The zero-order valence-electron chi connectivity index (χ0n) is 11.2. The van der Waals surface area contributed by atoms with Gasteiger partial charge in [-0.05, 0) is 18.2 Å². The first kappa shape index (κ1) is 16.6. The molecule has 1 amide bonds. The molecule has 0 radical (unpaired) electrons. The summed E-state index contributed by atoms with van der Waals surface area (Å²) >= 11 is 5.86. The monoisotopic (exact) mass is 301 g/mol. The van der Waals surface area contributed by atoms with E-state index in [-0.39, 0.29) is 29.6 Å². The van der Waals surface area contributed by atoms with Crippen LogP contribution >= 0.6 is 11.6 Å². The molecule has 0 bridgehead atoms. The van der Waals surface area contributed by atoms with Gasteiger partial charge in [0.1, 0.15) is 5.82 Å². The molecule has 6 heteroatoms. The number of ether oxygens (including phenoxy) is 1. The largest absolute Gasteiger partial charge is 0.395 e. The molecule has 1 aromatic carbocycles. The van der Waals surface area contributed by atoms with Crippen molar-refractivity contribution in [3.63, 3.8) is 0 Å². The fourth-order valence-electron chi connectivity index (χ4n) is 1.58. The Morgan fingerprint density at radius 1 is 1.50 bits per heavy atom. The van der Waals surface area contributed by atoms with E-state index in [1.54, 1.807) is 6.07 Å². The standard InChI is InChI=1S/C14H17ClFNO3/c1-20-10-8-17(7-9-18)14(19)6-5-11-12(15)3-2-4-13(11)16/h2-6,18H,7-10H2,1H3/b6-5+. The number of aliphatic hydroxyl groups excluding tert-OH is 1. The van der Waals surface area contributed by atoms with E-state index in [9.17, 15) is 9.18 Å². The highest BCUT2D eigenvalue weighted by atomic mass is 35.5. The molecule has 0 aliphatic carbocycles. The fraction of sp³-hybridized carbons (Fsp3) is 0.357. The molecule has 1 N–H and O–H groups in total. The van der Waals surface area contributed by atoms with Gasteiger partial charge >= 0.3 is 0 Å². The number of nitrogens with zero attached hydrogens (tertiary/aromatic N) is 1. The van der Waals surface area contributed by atoms with E-state index in [0.29, 0.717) is 13.2 Å². The van der Waals surface area contributed by atoms with Crippen LogP contribution in [0.4, 0.5) is 4.39 Å². The lowest BCUT2D eigenvalue weighted by molar-refractivity contribution is -0.127. The third-order valence-electron chi connectivity index (χ3n) is 2.64. The summed E-state index contributed by atoms with van der Waals surface area (Å²) in [6.45, 7) is 0.757. The number of halogens is 2. The molecule has 0 heterocycles. The van der Waals surface area contributed by atoms with Crippen LogP contribution in [0.25, 0.3) is 6.08 Å². The summed E-state index contributed by atoms with van der Waals surface area (Å²) in [7, 11) is 1.52. The van der Waals surface area contributed by atoms with Crippen LogP contribution < -0.4 is 0 Å². The van der Waals surface area contributed by atoms with Gasteiger partial charge in [-0.15, -0.1) is 0 Å². The van der Waals surface area contributed by atoms with E-state index in [2.05, 4.69) is 0 Å². The highest BCUT2D eigenvalue weighted by Crippen LogP contribution is 2.20. The number of aliphatic hydroxyl groups is 1. The maximum atomic E-state index is 13.5. The third kappa shape index (κ3) is 4.92. The van der Waals surface area contributed by atoms with Crippen molar-refractivity contribution in [1.82, 2.24) is 4.90 Å². The number of hydrogen-bond acceptors (Lipinski definition) is 3. The minimum atomic E-state index is -0.493. The van der Waals surface area contributed by atoms with E-state index >= 15 is 0 Å². The molecule has 0 spiro atoms. The van der Waals surface area contributed by atoms with Gasteiger partial charge in [-0.2, -0.15) is 0 Å². The zero-order chi connectivity index (χ0) is 15.0. The first-order chi connectivity index (χ1) is 9.60. The number of methoxy groups -OCH3 is 1. The smallest absolute Gasteiger partial charge is 0.246 e. The zero-order valence-corrected chi connectivity index (χ0v) is 11.9. The van der Waals surface area contributed by atoms with Crippen LogP contribution in [-0.4, -0.2) is 49.3 Å². The van der Waals surface area contributed by atoms with Gasteiger partial charge in [0.05, 0.1) is 18.2 Å². The van der Waals surface area contributed by atoms with Crippen molar-refractivity contribution in [3.8, 4) is 0 Å². The predicted octanol–water partition coefficient (Wildman–Crippen LogP) is 1.96. The molecule has 0 saturated carbocycles. The second-order valence-electron chi connectivity index (χ2n) is 4.01. The molecule has 0 aromatic heterocycles. The summed E-state index contributed by atoms with van der Waals surface area (Å²) in [6.07, 6.45) is 2.56. The van der Waals surface area contributed by atoms with Gasteiger partial charge in [-0.25, -0.2) is 4.39 Å². The average molecular weight is 302 g/mol. The molecule has 1 aromatic rings. The summed E-state index contributed by atoms with van der Waals surface area (Å²) < 4.78 is 18.4. The van der Waals surface area contributed by atoms with E-state index in [1.807, 2.05) is 0 Å². The Morgan fingerprint density at radius 3 is 2.85 bits per heavy atom. The van der Waals surface area contributed by atoms with Crippen molar-refractivity contribution >= 4 is 23.6 Å². The fourth-order valence-corrected chi connectivity index (χ4v) is 1.81. The highest BCUT2D eigenvalue weighted by molar-refractivity contribution is 6.32. The molecular weight excluding hydrogens is 285 g/mol. The molecule has 0 unspecified atom stereocenters. The van der Waals surface area contributed by atoms with Crippen LogP contribution in [-0.2, 0) is 9.53 Å². The molecular formula is C14H17ClFNO3. The molecule has 4 nitrogen and oxygen atoms in total. The van der Waals surface area contributed by atoms with Crippen molar-refractivity contribution in [2.24, 2.45) is 0 Å². The maximum absolute atomic E-state index is 13.5. The Labute approximate surface area is 122 Å². The number of carbonyl (C=O) groups excluding carboxylic acids is 1. The molecule has 0 aliphatic rings. The van der Waals surface area contributed by atoms with Gasteiger partial charge in [0.15, 0.2) is 0 Å². The predicted molar refractivity (Wildman–Crippen MR) is 76.0 cm³/mol. The summed E-state index contributed by atoms with van der Waals surface area (Å²) in [5.74, 6) is -0.831. The van der Waals surface area contributed by atoms with Gasteiger partial charge in [0, 0.05) is 31.8 Å². The van der Waals surface area contributed by atoms with Crippen molar-refractivity contribution in [2.75, 3.05) is 33.4 Å². The van der Waals surface area contributed by atoms with E-state index < -0.39 is 5.82 Å². The molecule has 0 aliphatic heterocycles. The number of rotatable bonds is 7. The molecule has 0 saturated heterocycles. The molecule has 110 valence electrons. The van der Waals surface area contributed by atoms with E-state index in [4.69, 9.17) is 21.4 Å². The van der Waals surface area contributed by atoms with Gasteiger partial charge in [0.25, 0.3) is 0 Å². The third-order valence-corrected chi connectivity index (χ3v) is 2.97. The Morgan fingerprint density at radius 2 is 2.25 bits per heavy atom. The van der Waals surface area contributed by atoms with Gasteiger partial charge in [0.2, 0.25) is 5.91 Å². The number of benzene rings is 1. The van der Waals surface area contributed by atoms with Crippen LogP contribution in [0.3, 0.4) is 0 Å². The number of hydrogen-bond donors (Lipinski definition) is 1. The minimum Gasteiger partial charge on any atom is -0.395 e.